The largest absolute Gasteiger partial charge is 0.411 e. The van der Waals surface area contributed by atoms with Gasteiger partial charge < -0.3 is 9.73 Å². The number of halogens is 2. The highest BCUT2D eigenvalue weighted by molar-refractivity contribution is 7.99. The van der Waals surface area contributed by atoms with Gasteiger partial charge in [-0.3, -0.25) is 4.79 Å². The maximum Gasteiger partial charge on any atom is 0.277 e. The number of hydrogen-bond acceptors (Lipinski definition) is 5. The van der Waals surface area contributed by atoms with Gasteiger partial charge in [0.15, 0.2) is 0 Å². The molecule has 0 fully saturated rings. The molecule has 3 aromatic rings. The fourth-order valence-corrected chi connectivity index (χ4v) is 2.66. The third-order valence-corrected chi connectivity index (χ3v) is 4.13. The van der Waals surface area contributed by atoms with Crippen LogP contribution in [0.3, 0.4) is 0 Å². The number of carbonyl (C=O) groups excluding carboxylic acids is 1. The van der Waals surface area contributed by atoms with Crippen molar-refractivity contribution in [1.29, 1.82) is 0 Å². The van der Waals surface area contributed by atoms with Gasteiger partial charge in [0, 0.05) is 11.6 Å². The van der Waals surface area contributed by atoms with Crippen LogP contribution >= 0.6 is 11.8 Å². The lowest BCUT2D eigenvalue weighted by atomic mass is 10.1. The van der Waals surface area contributed by atoms with E-state index < -0.39 is 17.5 Å². The molecule has 0 unspecified atom stereocenters. The summed E-state index contributed by atoms with van der Waals surface area (Å²) in [6.45, 7) is 1.93. The minimum atomic E-state index is -0.835. The van der Waals surface area contributed by atoms with Crippen LogP contribution in [0, 0.1) is 18.6 Å². The highest BCUT2D eigenvalue weighted by Crippen LogP contribution is 2.25. The van der Waals surface area contributed by atoms with Crippen LogP contribution in [-0.2, 0) is 4.79 Å². The standard InChI is InChI=1S/C17H13F2N3O2S/c1-10-4-2-3-5-12(10)16-21-22-17(24-16)25-9-15(23)20-14-7-6-11(18)8-13(14)19/h2-8H,9H2,1H3,(H,20,23). The van der Waals surface area contributed by atoms with Gasteiger partial charge in [-0.1, -0.05) is 30.0 Å². The maximum atomic E-state index is 13.5. The molecule has 3 rings (SSSR count). The molecule has 0 saturated heterocycles. The number of anilines is 1. The van der Waals surface area contributed by atoms with Gasteiger partial charge in [0.2, 0.25) is 11.8 Å². The average molecular weight is 361 g/mol. The van der Waals surface area contributed by atoms with E-state index in [9.17, 15) is 13.6 Å². The SMILES string of the molecule is Cc1ccccc1-c1nnc(SCC(=O)Nc2ccc(F)cc2F)o1. The quantitative estimate of drug-likeness (QED) is 0.694. The van der Waals surface area contributed by atoms with Crippen molar-refractivity contribution in [1.82, 2.24) is 10.2 Å². The molecule has 0 radical (unpaired) electrons. The molecule has 1 amide bonds. The van der Waals surface area contributed by atoms with Gasteiger partial charge in [0.25, 0.3) is 5.22 Å². The minimum Gasteiger partial charge on any atom is -0.411 e. The molecule has 8 heteroatoms. The molecule has 0 aliphatic rings. The molecule has 0 atom stereocenters. The number of rotatable bonds is 5. The molecule has 0 aliphatic heterocycles. The summed E-state index contributed by atoms with van der Waals surface area (Å²) in [7, 11) is 0. The Morgan fingerprint density at radius 1 is 1.20 bits per heavy atom. The molecule has 25 heavy (non-hydrogen) atoms. The van der Waals surface area contributed by atoms with Crippen molar-refractivity contribution in [2.45, 2.75) is 12.1 Å². The van der Waals surface area contributed by atoms with Gasteiger partial charge in [0.05, 0.1) is 11.4 Å². The first kappa shape index (κ1) is 17.1. The van der Waals surface area contributed by atoms with Crippen molar-refractivity contribution in [3.8, 4) is 11.5 Å². The summed E-state index contributed by atoms with van der Waals surface area (Å²) >= 11 is 1.03. The number of aryl methyl sites for hydroxylation is 1. The van der Waals surface area contributed by atoms with E-state index in [4.69, 9.17) is 4.42 Å². The van der Waals surface area contributed by atoms with Crippen LogP contribution in [0.15, 0.2) is 52.1 Å². The topological polar surface area (TPSA) is 68.0 Å². The highest BCUT2D eigenvalue weighted by Gasteiger charge is 2.13. The average Bonchev–Trinajstić information content (AvgIpc) is 3.05. The summed E-state index contributed by atoms with van der Waals surface area (Å²) in [5.41, 5.74) is 1.73. The Morgan fingerprint density at radius 3 is 2.76 bits per heavy atom. The Hall–Kier alpha value is -2.74. The lowest BCUT2D eigenvalue weighted by Crippen LogP contribution is -2.15. The minimum absolute atomic E-state index is 0.0494. The first-order valence-electron chi connectivity index (χ1n) is 7.30. The molecule has 128 valence electrons. The van der Waals surface area contributed by atoms with Crippen LogP contribution in [0.4, 0.5) is 14.5 Å². The smallest absolute Gasteiger partial charge is 0.277 e. The number of amides is 1. The molecule has 1 heterocycles. The Bertz CT molecular complexity index is 914. The van der Waals surface area contributed by atoms with Gasteiger partial charge in [-0.2, -0.15) is 0 Å². The molecule has 2 aromatic carbocycles. The molecule has 0 aliphatic carbocycles. The van der Waals surface area contributed by atoms with Crippen LogP contribution in [0.2, 0.25) is 0 Å². The van der Waals surface area contributed by atoms with Crippen molar-refractivity contribution in [3.63, 3.8) is 0 Å². The van der Waals surface area contributed by atoms with Crippen LogP contribution < -0.4 is 5.32 Å². The zero-order chi connectivity index (χ0) is 17.8. The third-order valence-electron chi connectivity index (χ3n) is 3.31. The van der Waals surface area contributed by atoms with Crippen molar-refractivity contribution in [3.05, 3.63) is 59.7 Å². The predicted molar refractivity (Wildman–Crippen MR) is 90.2 cm³/mol. The first-order chi connectivity index (χ1) is 12.0. The third kappa shape index (κ3) is 4.21. The second-order valence-electron chi connectivity index (χ2n) is 5.15. The van der Waals surface area contributed by atoms with E-state index in [2.05, 4.69) is 15.5 Å². The number of hydrogen-bond donors (Lipinski definition) is 1. The Morgan fingerprint density at radius 2 is 2.00 bits per heavy atom. The van der Waals surface area contributed by atoms with Crippen molar-refractivity contribution in [2.75, 3.05) is 11.1 Å². The summed E-state index contributed by atoms with van der Waals surface area (Å²) in [6, 6.07) is 10.5. The van der Waals surface area contributed by atoms with Crippen molar-refractivity contribution < 1.29 is 18.0 Å². The second-order valence-corrected chi connectivity index (χ2v) is 6.08. The maximum absolute atomic E-state index is 13.5. The molecular weight excluding hydrogens is 348 g/mol. The van der Waals surface area contributed by atoms with Gasteiger partial charge in [-0.15, -0.1) is 10.2 Å². The number of carbonyl (C=O) groups is 1. The zero-order valence-electron chi connectivity index (χ0n) is 13.1. The Balaban J connectivity index is 1.60. The van der Waals surface area contributed by atoms with Gasteiger partial charge in [-0.25, -0.2) is 8.78 Å². The van der Waals surface area contributed by atoms with Crippen LogP contribution in [-0.4, -0.2) is 21.9 Å². The molecule has 0 spiro atoms. The van der Waals surface area contributed by atoms with Gasteiger partial charge in [-0.05, 0) is 30.7 Å². The second kappa shape index (κ2) is 7.43. The fourth-order valence-electron chi connectivity index (χ4n) is 2.09. The lowest BCUT2D eigenvalue weighted by Gasteiger charge is -2.05. The predicted octanol–water partition coefficient (Wildman–Crippen LogP) is 4.05. The van der Waals surface area contributed by atoms with E-state index in [1.54, 1.807) is 0 Å². The molecule has 0 bridgehead atoms. The lowest BCUT2D eigenvalue weighted by molar-refractivity contribution is -0.113. The van der Waals surface area contributed by atoms with Crippen LogP contribution in [0.1, 0.15) is 5.56 Å². The van der Waals surface area contributed by atoms with Crippen LogP contribution in [0.25, 0.3) is 11.5 Å². The Kier molecular flexibility index (Phi) is 5.08. The first-order valence-corrected chi connectivity index (χ1v) is 8.28. The number of benzene rings is 2. The van der Waals surface area contributed by atoms with Crippen molar-refractivity contribution in [2.24, 2.45) is 0 Å². The summed E-state index contributed by atoms with van der Waals surface area (Å²) in [5.74, 6) is -1.69. The fraction of sp³-hybridized carbons (Fsp3) is 0.118. The van der Waals surface area contributed by atoms with Gasteiger partial charge in [0.1, 0.15) is 11.6 Å². The number of nitrogens with zero attached hydrogens (tertiary/aromatic N) is 2. The van der Waals surface area contributed by atoms with E-state index >= 15 is 0 Å². The van der Waals surface area contributed by atoms with E-state index in [1.165, 1.54) is 0 Å². The van der Waals surface area contributed by atoms with E-state index in [1.807, 2.05) is 31.2 Å². The molecule has 1 N–H and O–H groups in total. The highest BCUT2D eigenvalue weighted by atomic mass is 32.2. The van der Waals surface area contributed by atoms with Gasteiger partial charge >= 0.3 is 0 Å². The van der Waals surface area contributed by atoms with E-state index in [0.29, 0.717) is 12.0 Å². The van der Waals surface area contributed by atoms with Crippen molar-refractivity contribution >= 4 is 23.4 Å². The number of nitrogens with one attached hydrogen (secondary N) is 1. The van der Waals surface area contributed by atoms with Crippen LogP contribution in [0.5, 0.6) is 0 Å². The summed E-state index contributed by atoms with van der Waals surface area (Å²) in [6.07, 6.45) is 0. The number of aromatic nitrogens is 2. The number of thioether (sulfide) groups is 1. The summed E-state index contributed by atoms with van der Waals surface area (Å²) in [4.78, 5) is 11.9. The monoisotopic (exact) mass is 361 g/mol. The molecule has 0 saturated carbocycles. The zero-order valence-corrected chi connectivity index (χ0v) is 13.9. The van der Waals surface area contributed by atoms with E-state index in [0.717, 1.165) is 35.0 Å². The summed E-state index contributed by atoms with van der Waals surface area (Å²) in [5, 5.41) is 10.4. The normalized spacial score (nSPS) is 10.7. The summed E-state index contributed by atoms with van der Waals surface area (Å²) < 4.78 is 31.9. The van der Waals surface area contributed by atoms with E-state index in [-0.39, 0.29) is 16.7 Å². The molecule has 5 nitrogen and oxygen atoms in total. The Labute approximate surface area is 146 Å². The molecule has 1 aromatic heterocycles. The molecular formula is C17H13F2N3O2S.